The van der Waals surface area contributed by atoms with Crippen molar-refractivity contribution in [3.63, 3.8) is 0 Å². The van der Waals surface area contributed by atoms with E-state index in [4.69, 9.17) is 11.6 Å². The lowest BCUT2D eigenvalue weighted by Crippen LogP contribution is -2.21. The summed E-state index contributed by atoms with van der Waals surface area (Å²) in [6.07, 6.45) is 0. The largest absolute Gasteiger partial charge is 0.384 e. The zero-order chi connectivity index (χ0) is 12.6. The Morgan fingerprint density at radius 3 is 2.28 bits per heavy atom. The third-order valence-electron chi connectivity index (χ3n) is 2.65. The summed E-state index contributed by atoms with van der Waals surface area (Å²) in [6.45, 7) is 2.73. The van der Waals surface area contributed by atoms with Crippen LogP contribution in [0, 0.1) is 0 Å². The topological polar surface area (TPSA) is 24.1 Å². The quantitative estimate of drug-likeness (QED) is 0.777. The summed E-state index contributed by atoms with van der Waals surface area (Å²) in [6, 6.07) is 18.2. The molecule has 0 aromatic heterocycles. The molecule has 2 aromatic carbocycles. The van der Waals surface area contributed by atoms with Gasteiger partial charge in [0.25, 0.3) is 0 Å². The van der Waals surface area contributed by atoms with Crippen molar-refractivity contribution in [1.82, 2.24) is 5.32 Å². The zero-order valence-corrected chi connectivity index (χ0v) is 11.0. The predicted molar refractivity (Wildman–Crippen MR) is 78.1 cm³/mol. The molecule has 0 heterocycles. The van der Waals surface area contributed by atoms with Gasteiger partial charge in [-0.3, -0.25) is 0 Å². The van der Waals surface area contributed by atoms with E-state index in [2.05, 4.69) is 34.9 Å². The fourth-order valence-corrected chi connectivity index (χ4v) is 1.82. The summed E-state index contributed by atoms with van der Waals surface area (Å²) in [4.78, 5) is 0. The average molecular weight is 261 g/mol. The van der Waals surface area contributed by atoms with Gasteiger partial charge in [-0.25, -0.2) is 0 Å². The van der Waals surface area contributed by atoms with Gasteiger partial charge >= 0.3 is 0 Å². The van der Waals surface area contributed by atoms with Crippen LogP contribution in [-0.4, -0.2) is 13.1 Å². The molecule has 2 nitrogen and oxygen atoms in total. The Morgan fingerprint density at radius 2 is 1.56 bits per heavy atom. The molecule has 0 spiro atoms. The molecule has 3 heteroatoms. The number of rotatable bonds is 6. The second-order valence-corrected chi connectivity index (χ2v) is 4.53. The van der Waals surface area contributed by atoms with Crippen LogP contribution in [0.1, 0.15) is 5.56 Å². The number of benzene rings is 2. The summed E-state index contributed by atoms with van der Waals surface area (Å²) in [7, 11) is 0. The summed E-state index contributed by atoms with van der Waals surface area (Å²) in [5, 5.41) is 7.50. The van der Waals surface area contributed by atoms with Crippen LogP contribution < -0.4 is 10.6 Å². The Balaban J connectivity index is 1.63. The lowest BCUT2D eigenvalue weighted by Gasteiger charge is -2.08. The highest BCUT2D eigenvalue weighted by molar-refractivity contribution is 6.30. The summed E-state index contributed by atoms with van der Waals surface area (Å²) < 4.78 is 0. The summed E-state index contributed by atoms with van der Waals surface area (Å²) in [5.41, 5.74) is 2.41. The van der Waals surface area contributed by atoms with Crippen LogP contribution in [0.25, 0.3) is 0 Å². The maximum Gasteiger partial charge on any atom is 0.0407 e. The Kier molecular flexibility index (Phi) is 5.06. The van der Waals surface area contributed by atoms with Crippen molar-refractivity contribution in [2.24, 2.45) is 0 Å². The van der Waals surface area contributed by atoms with Crippen LogP contribution in [0.5, 0.6) is 0 Å². The van der Waals surface area contributed by atoms with Crippen molar-refractivity contribution >= 4 is 17.3 Å². The van der Waals surface area contributed by atoms with Crippen molar-refractivity contribution in [2.75, 3.05) is 18.4 Å². The number of hydrogen-bond acceptors (Lipinski definition) is 2. The van der Waals surface area contributed by atoms with Gasteiger partial charge < -0.3 is 10.6 Å². The van der Waals surface area contributed by atoms with Gasteiger partial charge in [0.05, 0.1) is 0 Å². The minimum Gasteiger partial charge on any atom is -0.384 e. The lowest BCUT2D eigenvalue weighted by atomic mass is 10.2. The Morgan fingerprint density at radius 1 is 0.833 bits per heavy atom. The van der Waals surface area contributed by atoms with Crippen molar-refractivity contribution in [3.05, 3.63) is 65.2 Å². The smallest absolute Gasteiger partial charge is 0.0407 e. The predicted octanol–water partition coefficient (Wildman–Crippen LogP) is 3.54. The van der Waals surface area contributed by atoms with Gasteiger partial charge in [-0.2, -0.15) is 0 Å². The van der Waals surface area contributed by atoms with Crippen LogP contribution in [0.15, 0.2) is 54.6 Å². The molecule has 0 atom stereocenters. The highest BCUT2D eigenvalue weighted by atomic mass is 35.5. The highest BCUT2D eigenvalue weighted by Gasteiger charge is 1.93. The molecule has 0 saturated heterocycles. The lowest BCUT2D eigenvalue weighted by molar-refractivity contribution is 0.707. The number of halogens is 1. The van der Waals surface area contributed by atoms with Gasteiger partial charge in [-0.15, -0.1) is 0 Å². The SMILES string of the molecule is Clc1ccc(NCCNCc2ccccc2)cc1. The average Bonchev–Trinajstić information content (AvgIpc) is 2.42. The van der Waals surface area contributed by atoms with Gasteiger partial charge in [-0.05, 0) is 29.8 Å². The molecule has 18 heavy (non-hydrogen) atoms. The first-order valence-corrected chi connectivity index (χ1v) is 6.46. The number of nitrogens with one attached hydrogen (secondary N) is 2. The van der Waals surface area contributed by atoms with Crippen LogP contribution in [0.4, 0.5) is 5.69 Å². The third kappa shape index (κ3) is 4.40. The van der Waals surface area contributed by atoms with E-state index >= 15 is 0 Å². The van der Waals surface area contributed by atoms with E-state index in [0.717, 1.165) is 30.3 Å². The molecule has 0 amide bonds. The molecule has 2 aromatic rings. The minimum absolute atomic E-state index is 0.766. The molecule has 0 aliphatic carbocycles. The van der Waals surface area contributed by atoms with Crippen LogP contribution in [0.2, 0.25) is 5.02 Å². The van der Waals surface area contributed by atoms with E-state index < -0.39 is 0 Å². The fourth-order valence-electron chi connectivity index (χ4n) is 1.69. The molecule has 0 unspecified atom stereocenters. The van der Waals surface area contributed by atoms with E-state index in [-0.39, 0.29) is 0 Å². The van der Waals surface area contributed by atoms with Gasteiger partial charge in [-0.1, -0.05) is 41.9 Å². The second-order valence-electron chi connectivity index (χ2n) is 4.10. The van der Waals surface area contributed by atoms with E-state index in [0.29, 0.717) is 0 Å². The van der Waals surface area contributed by atoms with Crippen molar-refractivity contribution in [1.29, 1.82) is 0 Å². The molecule has 94 valence electrons. The molecule has 0 bridgehead atoms. The number of hydrogen-bond donors (Lipinski definition) is 2. The molecule has 0 fully saturated rings. The van der Waals surface area contributed by atoms with Gasteiger partial charge in [0.1, 0.15) is 0 Å². The van der Waals surface area contributed by atoms with Gasteiger partial charge in [0.2, 0.25) is 0 Å². The fraction of sp³-hybridized carbons (Fsp3) is 0.200. The molecule has 0 aliphatic heterocycles. The molecule has 0 saturated carbocycles. The van der Waals surface area contributed by atoms with Crippen molar-refractivity contribution < 1.29 is 0 Å². The van der Waals surface area contributed by atoms with Gasteiger partial charge in [0, 0.05) is 30.3 Å². The van der Waals surface area contributed by atoms with Crippen LogP contribution in [0.3, 0.4) is 0 Å². The number of anilines is 1. The molecule has 0 radical (unpaired) electrons. The summed E-state index contributed by atoms with van der Waals surface area (Å²) >= 11 is 5.82. The Labute approximate surface area is 113 Å². The Hall–Kier alpha value is -1.51. The normalized spacial score (nSPS) is 10.3. The second kappa shape index (κ2) is 7.04. The van der Waals surface area contributed by atoms with E-state index in [1.54, 1.807) is 0 Å². The zero-order valence-electron chi connectivity index (χ0n) is 10.2. The molecular formula is C15H17ClN2. The van der Waals surface area contributed by atoms with Crippen molar-refractivity contribution in [3.8, 4) is 0 Å². The van der Waals surface area contributed by atoms with Crippen LogP contribution in [-0.2, 0) is 6.54 Å². The molecular weight excluding hydrogens is 244 g/mol. The maximum absolute atomic E-state index is 5.82. The standard InChI is InChI=1S/C15H17ClN2/c16-14-6-8-15(9-7-14)18-11-10-17-12-13-4-2-1-3-5-13/h1-9,17-18H,10-12H2. The summed E-state index contributed by atoms with van der Waals surface area (Å²) in [5.74, 6) is 0. The first-order valence-electron chi connectivity index (χ1n) is 6.09. The van der Waals surface area contributed by atoms with E-state index in [1.165, 1.54) is 5.56 Å². The highest BCUT2D eigenvalue weighted by Crippen LogP contribution is 2.12. The minimum atomic E-state index is 0.766. The van der Waals surface area contributed by atoms with E-state index in [9.17, 15) is 0 Å². The van der Waals surface area contributed by atoms with E-state index in [1.807, 2.05) is 30.3 Å². The monoisotopic (exact) mass is 260 g/mol. The van der Waals surface area contributed by atoms with Crippen LogP contribution >= 0.6 is 11.6 Å². The van der Waals surface area contributed by atoms with Crippen molar-refractivity contribution in [2.45, 2.75) is 6.54 Å². The first kappa shape index (κ1) is 12.9. The van der Waals surface area contributed by atoms with Gasteiger partial charge in [0.15, 0.2) is 0 Å². The molecule has 2 rings (SSSR count). The maximum atomic E-state index is 5.82. The first-order chi connectivity index (χ1) is 8.84. The molecule has 2 N–H and O–H groups in total. The third-order valence-corrected chi connectivity index (χ3v) is 2.90. The Bertz CT molecular complexity index is 454. The molecule has 0 aliphatic rings.